The van der Waals surface area contributed by atoms with Gasteiger partial charge in [-0.15, -0.1) is 0 Å². The minimum Gasteiger partial charge on any atom is -0.497 e. The number of hydrogen-bond donors (Lipinski definition) is 0. The van der Waals surface area contributed by atoms with E-state index in [9.17, 15) is 9.59 Å². The predicted octanol–water partition coefficient (Wildman–Crippen LogP) is 4.02. The number of carbonyl (C=O) groups excluding carboxylic acids is 1. The van der Waals surface area contributed by atoms with Gasteiger partial charge in [-0.2, -0.15) is 9.78 Å². The molecule has 0 saturated carbocycles. The predicted molar refractivity (Wildman–Crippen MR) is 140 cm³/mol. The summed E-state index contributed by atoms with van der Waals surface area (Å²) in [5.41, 5.74) is 1.37. The maximum atomic E-state index is 13.7. The maximum Gasteiger partial charge on any atom is 0.279 e. The van der Waals surface area contributed by atoms with Crippen LogP contribution in [0.2, 0.25) is 5.02 Å². The molecule has 0 bridgehead atoms. The Labute approximate surface area is 213 Å². The van der Waals surface area contributed by atoms with Crippen LogP contribution in [0, 0.1) is 0 Å². The molecule has 0 atom stereocenters. The van der Waals surface area contributed by atoms with Crippen LogP contribution in [0.25, 0.3) is 16.5 Å². The standard InChI is InChI=1S/C27H25ClN4O4/c1-35-21-15-20(16-22(17-21)36-2)32-26(33)24-9-4-3-8-23(24)25(29-32)27(34)31-12-10-30(11-13-31)19-7-5-6-18(28)14-19/h3-9,14-17H,10-13H2,1-2H3. The molecule has 1 fully saturated rings. The van der Waals surface area contributed by atoms with Crippen molar-refractivity contribution in [2.75, 3.05) is 45.3 Å². The van der Waals surface area contributed by atoms with Gasteiger partial charge in [0, 0.05) is 60.5 Å². The average Bonchev–Trinajstić information content (AvgIpc) is 2.93. The first-order chi connectivity index (χ1) is 17.5. The Morgan fingerprint density at radius 2 is 1.50 bits per heavy atom. The highest BCUT2D eigenvalue weighted by Gasteiger charge is 2.26. The van der Waals surface area contributed by atoms with E-state index in [0.717, 1.165) is 5.69 Å². The Morgan fingerprint density at radius 1 is 0.833 bits per heavy atom. The zero-order valence-electron chi connectivity index (χ0n) is 20.0. The molecule has 184 valence electrons. The van der Waals surface area contributed by atoms with Crippen molar-refractivity contribution in [3.8, 4) is 17.2 Å². The molecule has 1 aliphatic heterocycles. The molecule has 9 heteroatoms. The smallest absolute Gasteiger partial charge is 0.279 e. The largest absolute Gasteiger partial charge is 0.497 e. The summed E-state index contributed by atoms with van der Waals surface area (Å²) in [5.74, 6) is 0.799. The van der Waals surface area contributed by atoms with Crippen LogP contribution in [0.15, 0.2) is 71.5 Å². The van der Waals surface area contributed by atoms with E-state index in [2.05, 4.69) is 10.00 Å². The third-order valence-electron chi connectivity index (χ3n) is 6.33. The molecule has 0 aliphatic carbocycles. The third-order valence-corrected chi connectivity index (χ3v) is 6.56. The molecule has 36 heavy (non-hydrogen) atoms. The lowest BCUT2D eigenvalue weighted by Crippen LogP contribution is -2.49. The second-order valence-electron chi connectivity index (χ2n) is 8.44. The molecular formula is C27H25ClN4O4. The van der Waals surface area contributed by atoms with Crippen molar-refractivity contribution in [1.82, 2.24) is 14.7 Å². The van der Waals surface area contributed by atoms with Gasteiger partial charge in [-0.05, 0) is 24.3 Å². The fourth-order valence-electron chi connectivity index (χ4n) is 4.43. The number of halogens is 1. The number of methoxy groups -OCH3 is 2. The highest BCUT2D eigenvalue weighted by Crippen LogP contribution is 2.26. The number of hydrogen-bond acceptors (Lipinski definition) is 6. The maximum absolute atomic E-state index is 13.7. The topological polar surface area (TPSA) is 76.9 Å². The fourth-order valence-corrected chi connectivity index (χ4v) is 4.61. The summed E-state index contributed by atoms with van der Waals surface area (Å²) in [6.45, 7) is 2.37. The molecule has 3 aromatic carbocycles. The van der Waals surface area contributed by atoms with Crippen LogP contribution in [-0.4, -0.2) is 61.0 Å². The minimum atomic E-state index is -0.330. The molecule has 2 heterocycles. The second-order valence-corrected chi connectivity index (χ2v) is 8.88. The molecule has 1 saturated heterocycles. The Bertz CT molecular complexity index is 1470. The quantitative estimate of drug-likeness (QED) is 0.408. The van der Waals surface area contributed by atoms with E-state index in [1.54, 1.807) is 47.4 Å². The van der Waals surface area contributed by atoms with Gasteiger partial charge >= 0.3 is 0 Å². The number of fused-ring (bicyclic) bond motifs is 1. The van der Waals surface area contributed by atoms with E-state index in [1.807, 2.05) is 24.3 Å². The zero-order chi connectivity index (χ0) is 25.2. The number of benzene rings is 3. The highest BCUT2D eigenvalue weighted by molar-refractivity contribution is 6.30. The Kier molecular flexibility index (Phi) is 6.52. The van der Waals surface area contributed by atoms with Gasteiger partial charge in [0.2, 0.25) is 0 Å². The first-order valence-electron chi connectivity index (χ1n) is 11.5. The summed E-state index contributed by atoms with van der Waals surface area (Å²) >= 11 is 6.15. The summed E-state index contributed by atoms with van der Waals surface area (Å²) in [5, 5.41) is 6.17. The van der Waals surface area contributed by atoms with Crippen LogP contribution < -0.4 is 19.9 Å². The lowest BCUT2D eigenvalue weighted by atomic mass is 10.1. The molecule has 1 amide bonds. The molecule has 0 N–H and O–H groups in total. The van der Waals surface area contributed by atoms with E-state index >= 15 is 0 Å². The number of carbonyl (C=O) groups is 1. The van der Waals surface area contributed by atoms with Crippen LogP contribution in [-0.2, 0) is 0 Å². The number of aromatic nitrogens is 2. The Morgan fingerprint density at radius 3 is 2.14 bits per heavy atom. The van der Waals surface area contributed by atoms with Crippen molar-refractivity contribution >= 4 is 34.0 Å². The van der Waals surface area contributed by atoms with E-state index in [1.165, 1.54) is 18.9 Å². The number of rotatable bonds is 5. The number of amides is 1. The zero-order valence-corrected chi connectivity index (χ0v) is 20.7. The van der Waals surface area contributed by atoms with Crippen molar-refractivity contribution in [2.24, 2.45) is 0 Å². The summed E-state index contributed by atoms with van der Waals surface area (Å²) in [7, 11) is 3.07. The van der Waals surface area contributed by atoms with Gasteiger partial charge in [0.25, 0.3) is 11.5 Å². The summed E-state index contributed by atoms with van der Waals surface area (Å²) in [6, 6.07) is 19.8. The SMILES string of the molecule is COc1cc(OC)cc(-n2nc(C(=O)N3CCN(c4cccc(Cl)c4)CC3)c3ccccc3c2=O)c1. The number of ether oxygens (including phenoxy) is 2. The van der Waals surface area contributed by atoms with Crippen LogP contribution in [0.3, 0.4) is 0 Å². The molecule has 8 nitrogen and oxygen atoms in total. The first-order valence-corrected chi connectivity index (χ1v) is 11.9. The normalized spacial score (nSPS) is 13.6. The van der Waals surface area contributed by atoms with Crippen LogP contribution in [0.4, 0.5) is 5.69 Å². The lowest BCUT2D eigenvalue weighted by molar-refractivity contribution is 0.0741. The summed E-state index contributed by atoms with van der Waals surface area (Å²) in [4.78, 5) is 31.1. The minimum absolute atomic E-state index is 0.222. The number of anilines is 1. The van der Waals surface area contributed by atoms with Gasteiger partial charge in [0.1, 0.15) is 11.5 Å². The van der Waals surface area contributed by atoms with Crippen molar-refractivity contribution in [3.05, 3.63) is 87.8 Å². The van der Waals surface area contributed by atoms with Crippen molar-refractivity contribution in [1.29, 1.82) is 0 Å². The van der Waals surface area contributed by atoms with Crippen LogP contribution >= 0.6 is 11.6 Å². The summed E-state index contributed by atoms with van der Waals surface area (Å²) in [6.07, 6.45) is 0. The monoisotopic (exact) mass is 504 g/mol. The van der Waals surface area contributed by atoms with E-state index in [-0.39, 0.29) is 17.2 Å². The number of nitrogens with zero attached hydrogens (tertiary/aromatic N) is 4. The van der Waals surface area contributed by atoms with Crippen LogP contribution in [0.5, 0.6) is 11.5 Å². The Balaban J connectivity index is 1.51. The first kappa shape index (κ1) is 23.7. The van der Waals surface area contributed by atoms with Gasteiger partial charge in [0.15, 0.2) is 5.69 Å². The molecule has 1 aliphatic rings. The Hall–Kier alpha value is -4.04. The molecule has 1 aromatic heterocycles. The molecule has 0 radical (unpaired) electrons. The van der Waals surface area contributed by atoms with Crippen molar-refractivity contribution in [2.45, 2.75) is 0 Å². The molecule has 5 rings (SSSR count). The van der Waals surface area contributed by atoms with Crippen molar-refractivity contribution < 1.29 is 14.3 Å². The molecule has 4 aromatic rings. The second kappa shape index (κ2) is 9.91. The molecule has 0 unspecified atom stereocenters. The summed E-state index contributed by atoms with van der Waals surface area (Å²) < 4.78 is 12.0. The van der Waals surface area contributed by atoms with Gasteiger partial charge < -0.3 is 19.3 Å². The molecular weight excluding hydrogens is 480 g/mol. The van der Waals surface area contributed by atoms with E-state index in [4.69, 9.17) is 21.1 Å². The third kappa shape index (κ3) is 4.47. The number of piperazine rings is 1. The lowest BCUT2D eigenvalue weighted by Gasteiger charge is -2.36. The highest BCUT2D eigenvalue weighted by atomic mass is 35.5. The van der Waals surface area contributed by atoms with Gasteiger partial charge in [-0.25, -0.2) is 0 Å². The van der Waals surface area contributed by atoms with E-state index in [0.29, 0.717) is 59.2 Å². The van der Waals surface area contributed by atoms with Crippen molar-refractivity contribution in [3.63, 3.8) is 0 Å². The van der Waals surface area contributed by atoms with Gasteiger partial charge in [0.05, 0.1) is 25.3 Å². The van der Waals surface area contributed by atoms with Crippen LogP contribution in [0.1, 0.15) is 10.5 Å². The van der Waals surface area contributed by atoms with Gasteiger partial charge in [-0.3, -0.25) is 9.59 Å². The molecule has 0 spiro atoms. The fraction of sp³-hybridized carbons (Fsp3) is 0.222. The average molecular weight is 505 g/mol. The van der Waals surface area contributed by atoms with E-state index < -0.39 is 0 Å². The van der Waals surface area contributed by atoms with Gasteiger partial charge in [-0.1, -0.05) is 35.9 Å².